The van der Waals surface area contributed by atoms with Crippen LogP contribution in [0.3, 0.4) is 0 Å². The summed E-state index contributed by atoms with van der Waals surface area (Å²) in [6.45, 7) is 4.21. The van der Waals surface area contributed by atoms with Crippen LogP contribution in [-0.2, 0) is 26.7 Å². The third-order valence-corrected chi connectivity index (χ3v) is 6.79. The molecule has 3 aliphatic rings. The average Bonchev–Trinajstić information content (AvgIpc) is 3.08. The van der Waals surface area contributed by atoms with E-state index in [2.05, 4.69) is 22.3 Å². The van der Waals surface area contributed by atoms with Crippen molar-refractivity contribution in [3.8, 4) is 0 Å². The Morgan fingerprint density at radius 2 is 2.03 bits per heavy atom. The van der Waals surface area contributed by atoms with Gasteiger partial charge in [0.15, 0.2) is 0 Å². The molecule has 0 saturated carbocycles. The molecule has 5 rings (SSSR count). The topological polar surface area (TPSA) is 46.3 Å². The number of nitrogens with zero attached hydrogens (tertiary/aromatic N) is 5. The summed E-state index contributed by atoms with van der Waals surface area (Å²) in [5, 5.41) is 4.26. The molecule has 8 heteroatoms. The zero-order valence-electron chi connectivity index (χ0n) is 17.4. The minimum atomic E-state index is -2.64. The van der Waals surface area contributed by atoms with Gasteiger partial charge in [-0.05, 0) is 31.4 Å². The number of piperidine rings is 2. The van der Waals surface area contributed by atoms with Crippen LogP contribution in [0.1, 0.15) is 42.0 Å². The molecule has 2 aromatic heterocycles. The average molecular weight is 418 g/mol. The summed E-state index contributed by atoms with van der Waals surface area (Å²) in [6.07, 6.45) is 5.51. The molecule has 2 saturated heterocycles. The highest BCUT2D eigenvalue weighted by atomic mass is 19.3. The first-order chi connectivity index (χ1) is 14.4. The first-order valence-electron chi connectivity index (χ1n) is 10.9. The smallest absolute Gasteiger partial charge is 0.260 e. The van der Waals surface area contributed by atoms with Gasteiger partial charge in [-0.3, -0.25) is 19.3 Å². The van der Waals surface area contributed by atoms with Gasteiger partial charge in [0.1, 0.15) is 0 Å². The first kappa shape index (κ1) is 19.9. The lowest BCUT2D eigenvalue weighted by Gasteiger charge is -2.43. The standard InChI is InChI=1S/C22H29F2N5O/c1-26-9-17(8-25-26)11-28-10-16-7-19(14-28)20-4-3-18(21(30)29(20)12-16)13-27-6-2-5-22(23,24)15-27/h3-4,8-9,16,19H,2,5-7,10-15H2,1H3/t16-,19+/m0/s1. The molecule has 0 spiro atoms. The second-order valence-electron chi connectivity index (χ2n) is 9.38. The predicted molar refractivity (Wildman–Crippen MR) is 109 cm³/mol. The van der Waals surface area contributed by atoms with E-state index in [0.29, 0.717) is 36.9 Å². The fourth-order valence-electron chi connectivity index (χ4n) is 5.57. The Hall–Kier alpha value is -2.06. The number of aromatic nitrogens is 3. The normalized spacial score (nSPS) is 26.5. The second-order valence-corrected chi connectivity index (χ2v) is 9.38. The zero-order chi connectivity index (χ0) is 20.9. The van der Waals surface area contributed by atoms with Crippen molar-refractivity contribution in [3.05, 3.63) is 51.7 Å². The number of pyridine rings is 1. The van der Waals surface area contributed by atoms with Crippen LogP contribution in [0.5, 0.6) is 0 Å². The molecule has 0 aliphatic carbocycles. The molecule has 5 heterocycles. The summed E-state index contributed by atoms with van der Waals surface area (Å²) in [7, 11) is 1.93. The lowest BCUT2D eigenvalue weighted by Crippen LogP contribution is -2.48. The fourth-order valence-corrected chi connectivity index (χ4v) is 5.57. The third kappa shape index (κ3) is 3.95. The Balaban J connectivity index is 1.33. The SMILES string of the molecule is Cn1cc(CN2C[C@@H]3C[C@H](C2)c2ccc(CN4CCCC(F)(F)C4)c(=O)n2C3)cn1. The molecule has 2 bridgehead atoms. The highest BCUT2D eigenvalue weighted by molar-refractivity contribution is 5.22. The van der Waals surface area contributed by atoms with Gasteiger partial charge in [-0.1, -0.05) is 6.07 Å². The van der Waals surface area contributed by atoms with Gasteiger partial charge in [-0.15, -0.1) is 0 Å². The van der Waals surface area contributed by atoms with Crippen molar-refractivity contribution < 1.29 is 8.78 Å². The van der Waals surface area contributed by atoms with E-state index >= 15 is 0 Å². The number of likely N-dealkylation sites (tertiary alicyclic amines) is 2. The maximum Gasteiger partial charge on any atom is 0.260 e. The fraction of sp³-hybridized carbons (Fsp3) is 0.636. The van der Waals surface area contributed by atoms with Gasteiger partial charge in [-0.25, -0.2) is 8.78 Å². The molecule has 2 atom stereocenters. The van der Waals surface area contributed by atoms with Gasteiger partial charge in [-0.2, -0.15) is 5.10 Å². The van der Waals surface area contributed by atoms with Crippen LogP contribution < -0.4 is 5.56 Å². The molecule has 0 N–H and O–H groups in total. The van der Waals surface area contributed by atoms with E-state index in [-0.39, 0.29) is 18.5 Å². The Kier molecular flexibility index (Phi) is 5.01. The summed E-state index contributed by atoms with van der Waals surface area (Å²) >= 11 is 0. The summed E-state index contributed by atoms with van der Waals surface area (Å²) in [4.78, 5) is 17.4. The van der Waals surface area contributed by atoms with Crippen LogP contribution >= 0.6 is 0 Å². The molecule has 0 radical (unpaired) electrons. The van der Waals surface area contributed by atoms with Crippen LogP contribution in [0.4, 0.5) is 8.78 Å². The Labute approximate surface area is 175 Å². The maximum absolute atomic E-state index is 13.7. The molecule has 0 amide bonds. The lowest BCUT2D eigenvalue weighted by molar-refractivity contribution is -0.0662. The van der Waals surface area contributed by atoms with Crippen molar-refractivity contribution in [1.82, 2.24) is 24.1 Å². The molecular weight excluding hydrogens is 388 g/mol. The van der Waals surface area contributed by atoms with Crippen LogP contribution in [0, 0.1) is 5.92 Å². The molecule has 6 nitrogen and oxygen atoms in total. The van der Waals surface area contributed by atoms with Gasteiger partial charge < -0.3 is 4.57 Å². The van der Waals surface area contributed by atoms with Crippen molar-refractivity contribution >= 4 is 0 Å². The molecule has 0 unspecified atom stereocenters. The third-order valence-electron chi connectivity index (χ3n) is 6.79. The van der Waals surface area contributed by atoms with Gasteiger partial charge in [0, 0.05) is 75.1 Å². The van der Waals surface area contributed by atoms with E-state index in [4.69, 9.17) is 0 Å². The summed E-state index contributed by atoms with van der Waals surface area (Å²) in [6, 6.07) is 3.94. The predicted octanol–water partition coefficient (Wildman–Crippen LogP) is 2.43. The van der Waals surface area contributed by atoms with Crippen molar-refractivity contribution in [2.24, 2.45) is 13.0 Å². The number of rotatable bonds is 4. The number of hydrogen-bond donors (Lipinski definition) is 0. The first-order valence-corrected chi connectivity index (χ1v) is 10.9. The van der Waals surface area contributed by atoms with Crippen LogP contribution in [0.25, 0.3) is 0 Å². The van der Waals surface area contributed by atoms with E-state index in [1.165, 1.54) is 5.56 Å². The van der Waals surface area contributed by atoms with Crippen molar-refractivity contribution in [1.29, 1.82) is 0 Å². The van der Waals surface area contributed by atoms with Crippen LogP contribution in [0.15, 0.2) is 29.3 Å². The zero-order valence-corrected chi connectivity index (χ0v) is 17.4. The number of fused-ring (bicyclic) bond motifs is 4. The number of halogens is 2. The van der Waals surface area contributed by atoms with Crippen molar-refractivity contribution in [2.45, 2.75) is 50.7 Å². The molecule has 2 aromatic rings. The highest BCUT2D eigenvalue weighted by Crippen LogP contribution is 2.36. The van der Waals surface area contributed by atoms with Crippen LogP contribution in [0.2, 0.25) is 0 Å². The van der Waals surface area contributed by atoms with Gasteiger partial charge in [0.05, 0.1) is 12.7 Å². The van der Waals surface area contributed by atoms with Gasteiger partial charge in [0.2, 0.25) is 0 Å². The minimum Gasteiger partial charge on any atom is -0.312 e. The van der Waals surface area contributed by atoms with Crippen LogP contribution in [-0.4, -0.2) is 56.2 Å². The summed E-state index contributed by atoms with van der Waals surface area (Å²) in [5.41, 5.74) is 2.96. The van der Waals surface area contributed by atoms with Gasteiger partial charge in [0.25, 0.3) is 11.5 Å². The van der Waals surface area contributed by atoms with Gasteiger partial charge >= 0.3 is 0 Å². The quantitative estimate of drug-likeness (QED) is 0.767. The molecule has 0 aromatic carbocycles. The molecular formula is C22H29F2N5O. The second kappa shape index (κ2) is 7.57. The van der Waals surface area contributed by atoms with E-state index in [1.807, 2.05) is 28.6 Å². The van der Waals surface area contributed by atoms with E-state index in [0.717, 1.165) is 38.3 Å². The summed E-state index contributed by atoms with van der Waals surface area (Å²) in [5.74, 6) is -1.85. The monoisotopic (exact) mass is 417 g/mol. The highest BCUT2D eigenvalue weighted by Gasteiger charge is 2.37. The van der Waals surface area contributed by atoms with Crippen molar-refractivity contribution in [3.63, 3.8) is 0 Å². The molecule has 30 heavy (non-hydrogen) atoms. The van der Waals surface area contributed by atoms with E-state index < -0.39 is 5.92 Å². The molecule has 3 aliphatic heterocycles. The Morgan fingerprint density at radius 1 is 1.17 bits per heavy atom. The van der Waals surface area contributed by atoms with E-state index in [1.54, 1.807) is 4.90 Å². The maximum atomic E-state index is 13.7. The number of aryl methyl sites for hydroxylation is 1. The Bertz CT molecular complexity index is 984. The van der Waals surface area contributed by atoms with Crippen molar-refractivity contribution in [2.75, 3.05) is 26.2 Å². The Morgan fingerprint density at radius 3 is 2.80 bits per heavy atom. The number of alkyl halides is 2. The number of hydrogen-bond acceptors (Lipinski definition) is 4. The van der Waals surface area contributed by atoms with E-state index in [9.17, 15) is 13.6 Å². The minimum absolute atomic E-state index is 0.0109. The summed E-state index contributed by atoms with van der Waals surface area (Å²) < 4.78 is 31.2. The molecule has 2 fully saturated rings. The molecule has 162 valence electrons. The lowest BCUT2D eigenvalue weighted by atomic mass is 9.83. The largest absolute Gasteiger partial charge is 0.312 e.